The van der Waals surface area contributed by atoms with E-state index in [9.17, 15) is 0 Å². The van der Waals surface area contributed by atoms with Crippen LogP contribution in [0.1, 0.15) is 12.0 Å². The normalized spacial score (nSPS) is 9.72. The smallest absolute Gasteiger partial charge is 0.0670 e. The highest BCUT2D eigenvalue weighted by atomic mass is 16.5. The Kier molecular flexibility index (Phi) is 6.37. The minimum atomic E-state index is 0.331. The summed E-state index contributed by atoms with van der Waals surface area (Å²) < 4.78 is 5.39. The van der Waals surface area contributed by atoms with E-state index in [0.29, 0.717) is 25.3 Å². The summed E-state index contributed by atoms with van der Waals surface area (Å²) >= 11 is 0. The van der Waals surface area contributed by atoms with E-state index >= 15 is 0 Å². The zero-order valence-electron chi connectivity index (χ0n) is 10.5. The lowest BCUT2D eigenvalue weighted by Gasteiger charge is -2.09. The molecule has 0 unspecified atom stereocenters. The van der Waals surface area contributed by atoms with Crippen LogP contribution >= 0.6 is 0 Å². The third-order valence-corrected chi connectivity index (χ3v) is 2.45. The van der Waals surface area contributed by atoms with Gasteiger partial charge in [0, 0.05) is 17.9 Å². The summed E-state index contributed by atoms with van der Waals surface area (Å²) in [7, 11) is 0. The molecule has 1 aromatic rings. The van der Waals surface area contributed by atoms with Gasteiger partial charge in [0.15, 0.2) is 0 Å². The number of nitriles is 1. The quantitative estimate of drug-likeness (QED) is 0.419. The Labute approximate surface area is 108 Å². The summed E-state index contributed by atoms with van der Waals surface area (Å²) in [6.07, 6.45) is 3.03. The fourth-order valence-electron chi connectivity index (χ4n) is 1.49. The number of nitrogens with two attached hydrogens (primary N) is 1. The van der Waals surface area contributed by atoms with Crippen LogP contribution in [0.4, 0.5) is 11.4 Å². The molecule has 3 N–H and O–H groups in total. The average Bonchev–Trinajstić information content (AvgIpc) is 2.37. The second kappa shape index (κ2) is 8.15. The minimum Gasteiger partial charge on any atom is -0.398 e. The van der Waals surface area contributed by atoms with Crippen LogP contribution in [0.25, 0.3) is 0 Å². The highest BCUT2D eigenvalue weighted by Crippen LogP contribution is 2.17. The van der Waals surface area contributed by atoms with Gasteiger partial charge in [0.25, 0.3) is 0 Å². The van der Waals surface area contributed by atoms with Gasteiger partial charge in [-0.1, -0.05) is 6.08 Å². The molecule has 0 aliphatic carbocycles. The number of ether oxygens (including phenoxy) is 1. The summed E-state index contributed by atoms with van der Waals surface area (Å²) in [6.45, 7) is 5.70. The maximum atomic E-state index is 8.68. The predicted octanol–water partition coefficient (Wildman–Crippen LogP) is 2.34. The topological polar surface area (TPSA) is 71.1 Å². The number of nitrogen functional groups attached to an aromatic ring is 1. The van der Waals surface area contributed by atoms with Crippen molar-refractivity contribution in [2.45, 2.75) is 12.8 Å². The molecule has 0 saturated heterocycles. The Morgan fingerprint density at radius 3 is 3.00 bits per heavy atom. The molecule has 0 amide bonds. The maximum absolute atomic E-state index is 8.68. The lowest BCUT2D eigenvalue weighted by Crippen LogP contribution is -2.10. The van der Waals surface area contributed by atoms with Gasteiger partial charge in [0.1, 0.15) is 0 Å². The molecule has 18 heavy (non-hydrogen) atoms. The molecule has 0 fully saturated rings. The molecule has 4 nitrogen and oxygen atoms in total. The minimum absolute atomic E-state index is 0.331. The van der Waals surface area contributed by atoms with Gasteiger partial charge in [-0.25, -0.2) is 0 Å². The van der Waals surface area contributed by atoms with E-state index in [0.717, 1.165) is 24.2 Å². The van der Waals surface area contributed by atoms with Crippen molar-refractivity contribution in [3.63, 3.8) is 0 Å². The van der Waals surface area contributed by atoms with Crippen LogP contribution in [0, 0.1) is 11.3 Å². The third-order valence-electron chi connectivity index (χ3n) is 2.45. The van der Waals surface area contributed by atoms with Gasteiger partial charge >= 0.3 is 0 Å². The van der Waals surface area contributed by atoms with Gasteiger partial charge in [-0.15, -0.1) is 6.58 Å². The van der Waals surface area contributed by atoms with E-state index in [4.69, 9.17) is 15.7 Å². The Balaban J connectivity index is 2.36. The number of anilines is 2. The molecule has 0 bridgehead atoms. The van der Waals surface area contributed by atoms with Gasteiger partial charge in [-0.05, 0) is 30.2 Å². The van der Waals surface area contributed by atoms with E-state index in [1.54, 1.807) is 0 Å². The molecule has 0 saturated carbocycles. The second-order valence-electron chi connectivity index (χ2n) is 3.86. The highest BCUT2D eigenvalue weighted by Gasteiger charge is 2.00. The van der Waals surface area contributed by atoms with Gasteiger partial charge < -0.3 is 15.8 Å². The van der Waals surface area contributed by atoms with Gasteiger partial charge in [-0.3, -0.25) is 0 Å². The summed E-state index contributed by atoms with van der Waals surface area (Å²) in [6, 6.07) is 7.72. The molecule has 0 spiro atoms. The number of benzene rings is 1. The monoisotopic (exact) mass is 245 g/mol. The zero-order valence-corrected chi connectivity index (χ0v) is 10.5. The number of hydrogen-bond acceptors (Lipinski definition) is 4. The standard InChI is InChI=1S/C14H19N3O/c1-2-3-9-18-10-8-17-13-4-5-14(16)12(11-13)6-7-15/h2,4-5,11,17H,1,3,6,8-10,16H2. The number of hydrogen-bond donors (Lipinski definition) is 2. The molecule has 1 aromatic carbocycles. The largest absolute Gasteiger partial charge is 0.398 e. The molecule has 0 atom stereocenters. The summed E-state index contributed by atoms with van der Waals surface area (Å²) in [4.78, 5) is 0. The van der Waals surface area contributed by atoms with Crippen LogP contribution in [-0.4, -0.2) is 19.8 Å². The van der Waals surface area contributed by atoms with Crippen molar-refractivity contribution in [1.82, 2.24) is 0 Å². The molecule has 0 aliphatic rings. The first-order valence-corrected chi connectivity index (χ1v) is 5.95. The van der Waals surface area contributed by atoms with Crippen molar-refractivity contribution in [2.24, 2.45) is 0 Å². The van der Waals surface area contributed by atoms with Crippen LogP contribution in [0.15, 0.2) is 30.9 Å². The first kappa shape index (κ1) is 14.1. The molecule has 4 heteroatoms. The lowest BCUT2D eigenvalue weighted by atomic mass is 10.1. The van der Waals surface area contributed by atoms with Crippen molar-refractivity contribution < 1.29 is 4.74 Å². The van der Waals surface area contributed by atoms with E-state index in [-0.39, 0.29) is 0 Å². The second-order valence-corrected chi connectivity index (χ2v) is 3.86. The SMILES string of the molecule is C=CCCOCCNc1ccc(N)c(CC#N)c1. The zero-order chi connectivity index (χ0) is 13.2. The fourth-order valence-corrected chi connectivity index (χ4v) is 1.49. The molecule has 0 aliphatic heterocycles. The van der Waals surface area contributed by atoms with E-state index < -0.39 is 0 Å². The number of rotatable bonds is 8. The van der Waals surface area contributed by atoms with Crippen LogP contribution in [0.5, 0.6) is 0 Å². The van der Waals surface area contributed by atoms with Crippen molar-refractivity contribution in [3.05, 3.63) is 36.4 Å². The molecule has 0 heterocycles. The summed E-state index contributed by atoms with van der Waals surface area (Å²) in [5.41, 5.74) is 8.25. The van der Waals surface area contributed by atoms with E-state index in [2.05, 4.69) is 18.0 Å². The van der Waals surface area contributed by atoms with Crippen LogP contribution in [0.3, 0.4) is 0 Å². The first-order valence-electron chi connectivity index (χ1n) is 5.95. The van der Waals surface area contributed by atoms with Gasteiger partial charge in [0.2, 0.25) is 0 Å². The Morgan fingerprint density at radius 2 is 2.28 bits per heavy atom. The fraction of sp³-hybridized carbons (Fsp3) is 0.357. The highest BCUT2D eigenvalue weighted by molar-refractivity contribution is 5.57. The number of nitrogens with one attached hydrogen (secondary N) is 1. The van der Waals surface area contributed by atoms with Crippen molar-refractivity contribution in [1.29, 1.82) is 5.26 Å². The molecule has 0 aromatic heterocycles. The molecular formula is C14H19N3O. The van der Waals surface area contributed by atoms with Crippen molar-refractivity contribution in [2.75, 3.05) is 30.8 Å². The molecule has 1 rings (SSSR count). The molecular weight excluding hydrogens is 226 g/mol. The van der Waals surface area contributed by atoms with Crippen LogP contribution in [-0.2, 0) is 11.2 Å². The summed E-state index contributed by atoms with van der Waals surface area (Å²) in [5, 5.41) is 11.9. The number of nitrogens with zero attached hydrogens (tertiary/aromatic N) is 1. The van der Waals surface area contributed by atoms with Crippen molar-refractivity contribution in [3.8, 4) is 6.07 Å². The van der Waals surface area contributed by atoms with Gasteiger partial charge in [0.05, 0.1) is 25.7 Å². The van der Waals surface area contributed by atoms with E-state index in [1.165, 1.54) is 0 Å². The first-order chi connectivity index (χ1) is 8.77. The van der Waals surface area contributed by atoms with Gasteiger partial charge in [-0.2, -0.15) is 5.26 Å². The Morgan fingerprint density at radius 1 is 1.44 bits per heavy atom. The van der Waals surface area contributed by atoms with Crippen LogP contribution in [0.2, 0.25) is 0 Å². The molecule has 96 valence electrons. The average molecular weight is 245 g/mol. The lowest BCUT2D eigenvalue weighted by molar-refractivity contribution is 0.149. The predicted molar refractivity (Wildman–Crippen MR) is 74.3 cm³/mol. The summed E-state index contributed by atoms with van der Waals surface area (Å²) in [5.74, 6) is 0. The van der Waals surface area contributed by atoms with Crippen molar-refractivity contribution >= 4 is 11.4 Å². The molecule has 0 radical (unpaired) electrons. The maximum Gasteiger partial charge on any atom is 0.0670 e. The van der Waals surface area contributed by atoms with E-state index in [1.807, 2.05) is 24.3 Å². The third kappa shape index (κ3) is 4.89. The Bertz CT molecular complexity index is 424. The Hall–Kier alpha value is -1.99. The van der Waals surface area contributed by atoms with Crippen LogP contribution < -0.4 is 11.1 Å².